The summed E-state index contributed by atoms with van der Waals surface area (Å²) in [5.41, 5.74) is 2.68. The van der Waals surface area contributed by atoms with E-state index in [1.165, 1.54) is 28.0 Å². The van der Waals surface area contributed by atoms with Crippen LogP contribution in [0.1, 0.15) is 59.4 Å². The van der Waals surface area contributed by atoms with Gasteiger partial charge in [0.05, 0.1) is 17.9 Å². The number of thioether (sulfide) groups is 1. The molecule has 0 aliphatic heterocycles. The fraction of sp³-hybridized carbons (Fsp3) is 0.462. The van der Waals surface area contributed by atoms with Crippen LogP contribution in [0, 0.1) is 12.8 Å². The summed E-state index contributed by atoms with van der Waals surface area (Å²) in [5.74, 6) is 1.64. The molecule has 0 radical (unpaired) electrons. The number of fused-ring (bicyclic) bond motifs is 1. The lowest BCUT2D eigenvalue weighted by molar-refractivity contribution is -0.113. The van der Waals surface area contributed by atoms with Crippen LogP contribution in [0.2, 0.25) is 0 Å². The first kappa shape index (κ1) is 26.2. The molecule has 0 saturated carbocycles. The average molecular weight is 529 g/mol. The Hall–Kier alpha value is -2.85. The second-order valence-electron chi connectivity index (χ2n) is 8.86. The van der Waals surface area contributed by atoms with Gasteiger partial charge >= 0.3 is 5.97 Å². The van der Waals surface area contributed by atoms with E-state index in [0.29, 0.717) is 47.2 Å². The summed E-state index contributed by atoms with van der Waals surface area (Å²) in [7, 11) is 0. The van der Waals surface area contributed by atoms with Gasteiger partial charge in [-0.15, -0.1) is 21.5 Å². The number of hydrogen-bond donors (Lipinski definition) is 1. The normalized spacial score (nSPS) is 14.8. The fourth-order valence-corrected chi connectivity index (χ4v) is 6.49. The summed E-state index contributed by atoms with van der Waals surface area (Å²) in [6, 6.07) is 7.85. The van der Waals surface area contributed by atoms with E-state index in [4.69, 9.17) is 9.47 Å². The van der Waals surface area contributed by atoms with Gasteiger partial charge in [-0.2, -0.15) is 0 Å². The van der Waals surface area contributed by atoms with Crippen LogP contribution in [0.4, 0.5) is 5.00 Å². The summed E-state index contributed by atoms with van der Waals surface area (Å²) in [4.78, 5) is 26.8. The predicted molar refractivity (Wildman–Crippen MR) is 142 cm³/mol. The number of thiophene rings is 1. The zero-order valence-electron chi connectivity index (χ0n) is 21.1. The van der Waals surface area contributed by atoms with Gasteiger partial charge in [0, 0.05) is 11.4 Å². The van der Waals surface area contributed by atoms with Gasteiger partial charge in [0.1, 0.15) is 17.4 Å². The molecule has 1 amide bonds. The third-order valence-corrected chi connectivity index (χ3v) is 8.18. The number of benzene rings is 1. The van der Waals surface area contributed by atoms with E-state index >= 15 is 0 Å². The van der Waals surface area contributed by atoms with E-state index in [0.717, 1.165) is 36.1 Å². The molecule has 2 heterocycles. The minimum atomic E-state index is -0.364. The molecule has 192 valence electrons. The Morgan fingerprint density at radius 1 is 1.28 bits per heavy atom. The van der Waals surface area contributed by atoms with Gasteiger partial charge in [0.15, 0.2) is 11.0 Å². The van der Waals surface area contributed by atoms with E-state index < -0.39 is 0 Å². The predicted octanol–water partition coefficient (Wildman–Crippen LogP) is 5.28. The van der Waals surface area contributed by atoms with Gasteiger partial charge < -0.3 is 19.4 Å². The van der Waals surface area contributed by atoms with Crippen molar-refractivity contribution in [3.63, 3.8) is 0 Å². The van der Waals surface area contributed by atoms with E-state index in [2.05, 4.69) is 22.4 Å². The van der Waals surface area contributed by atoms with Crippen LogP contribution in [0.15, 0.2) is 29.4 Å². The number of amides is 1. The van der Waals surface area contributed by atoms with Crippen LogP contribution in [-0.4, -0.2) is 39.0 Å². The van der Waals surface area contributed by atoms with Crippen molar-refractivity contribution in [2.45, 2.75) is 65.3 Å². The van der Waals surface area contributed by atoms with E-state index in [-0.39, 0.29) is 17.6 Å². The molecule has 3 aromatic rings. The Morgan fingerprint density at radius 3 is 2.86 bits per heavy atom. The van der Waals surface area contributed by atoms with E-state index in [1.807, 2.05) is 42.7 Å². The van der Waals surface area contributed by atoms with Crippen LogP contribution >= 0.6 is 23.1 Å². The van der Waals surface area contributed by atoms with Crippen LogP contribution in [0.5, 0.6) is 5.75 Å². The number of rotatable bonds is 10. The summed E-state index contributed by atoms with van der Waals surface area (Å²) in [6.07, 6.45) is 2.78. The molecule has 1 aromatic carbocycles. The number of nitrogens with zero attached hydrogens (tertiary/aromatic N) is 3. The molecule has 1 aliphatic rings. The van der Waals surface area contributed by atoms with Crippen molar-refractivity contribution < 1.29 is 19.1 Å². The molecule has 0 fully saturated rings. The Kier molecular flexibility index (Phi) is 8.68. The summed E-state index contributed by atoms with van der Waals surface area (Å²) < 4.78 is 13.1. The van der Waals surface area contributed by atoms with Crippen molar-refractivity contribution >= 4 is 40.0 Å². The molecule has 4 rings (SSSR count). The molecule has 1 N–H and O–H groups in total. The van der Waals surface area contributed by atoms with Gasteiger partial charge in [0.2, 0.25) is 5.91 Å². The molecule has 36 heavy (non-hydrogen) atoms. The number of carbonyl (C=O) groups excluding carboxylic acids is 2. The molecule has 2 aromatic heterocycles. The molecule has 0 spiro atoms. The summed E-state index contributed by atoms with van der Waals surface area (Å²) >= 11 is 2.81. The SMILES string of the molecule is CCOC(=O)c1c(NC(=O)CSc2nnc(COc3cccc(C)c3)n2CC)sc2c1CCC(C)C2. The van der Waals surface area contributed by atoms with Crippen LogP contribution in [0.25, 0.3) is 0 Å². The highest BCUT2D eigenvalue weighted by molar-refractivity contribution is 7.99. The maximum atomic E-state index is 12.9. The minimum Gasteiger partial charge on any atom is -0.486 e. The number of aryl methyl sites for hydroxylation is 1. The molecule has 10 heteroatoms. The Morgan fingerprint density at radius 2 is 2.11 bits per heavy atom. The van der Waals surface area contributed by atoms with Crippen LogP contribution < -0.4 is 10.1 Å². The third kappa shape index (κ3) is 6.10. The number of anilines is 1. The first-order valence-electron chi connectivity index (χ1n) is 12.2. The van der Waals surface area contributed by atoms with E-state index in [1.54, 1.807) is 6.92 Å². The zero-order chi connectivity index (χ0) is 25.7. The maximum absolute atomic E-state index is 12.9. The zero-order valence-corrected chi connectivity index (χ0v) is 22.8. The molecule has 8 nitrogen and oxygen atoms in total. The fourth-order valence-electron chi connectivity index (χ4n) is 4.25. The standard InChI is InChI=1S/C26H32N4O4S2/c1-5-30-21(14-34-18-9-7-8-16(3)12-18)28-29-26(30)35-15-22(31)27-24-23(25(32)33-6-2)19-11-10-17(4)13-20(19)36-24/h7-9,12,17H,5-6,10-11,13-15H2,1-4H3,(H,27,31). The highest BCUT2D eigenvalue weighted by Crippen LogP contribution is 2.40. The molecular weight excluding hydrogens is 496 g/mol. The average Bonchev–Trinajstić information content (AvgIpc) is 3.41. The second kappa shape index (κ2) is 11.9. The van der Waals surface area contributed by atoms with Crippen molar-refractivity contribution in [1.29, 1.82) is 0 Å². The van der Waals surface area contributed by atoms with Crippen molar-refractivity contribution in [2.24, 2.45) is 5.92 Å². The van der Waals surface area contributed by atoms with Gasteiger partial charge in [-0.05, 0) is 69.2 Å². The molecule has 0 saturated heterocycles. The summed E-state index contributed by atoms with van der Waals surface area (Å²) in [5, 5.41) is 12.7. The topological polar surface area (TPSA) is 95.3 Å². The number of esters is 1. The Bertz CT molecular complexity index is 1240. The Labute approximate surface area is 219 Å². The highest BCUT2D eigenvalue weighted by atomic mass is 32.2. The van der Waals surface area contributed by atoms with Crippen molar-refractivity contribution in [3.05, 3.63) is 51.7 Å². The highest BCUT2D eigenvalue weighted by Gasteiger charge is 2.29. The largest absolute Gasteiger partial charge is 0.486 e. The molecule has 1 atom stereocenters. The first-order valence-corrected chi connectivity index (χ1v) is 14.1. The number of ether oxygens (including phenoxy) is 2. The number of hydrogen-bond acceptors (Lipinski definition) is 8. The van der Waals surface area contributed by atoms with Crippen molar-refractivity contribution in [3.8, 4) is 5.75 Å². The molecule has 0 bridgehead atoms. The smallest absolute Gasteiger partial charge is 0.341 e. The third-order valence-electron chi connectivity index (χ3n) is 6.04. The van der Waals surface area contributed by atoms with Crippen LogP contribution in [-0.2, 0) is 35.5 Å². The monoisotopic (exact) mass is 528 g/mol. The summed E-state index contributed by atoms with van der Waals surface area (Å²) in [6.45, 7) is 9.27. The lowest BCUT2D eigenvalue weighted by Gasteiger charge is -2.18. The molecule has 1 aliphatic carbocycles. The number of nitrogens with one attached hydrogen (secondary N) is 1. The van der Waals surface area contributed by atoms with E-state index in [9.17, 15) is 9.59 Å². The number of carbonyl (C=O) groups is 2. The maximum Gasteiger partial charge on any atom is 0.341 e. The number of aromatic nitrogens is 3. The lowest BCUT2D eigenvalue weighted by atomic mass is 9.88. The van der Waals surface area contributed by atoms with Crippen molar-refractivity contribution in [2.75, 3.05) is 17.7 Å². The van der Waals surface area contributed by atoms with Gasteiger partial charge in [-0.3, -0.25) is 4.79 Å². The van der Waals surface area contributed by atoms with Crippen LogP contribution in [0.3, 0.4) is 0 Å². The van der Waals surface area contributed by atoms with Gasteiger partial charge in [0.25, 0.3) is 0 Å². The quantitative estimate of drug-likeness (QED) is 0.283. The van der Waals surface area contributed by atoms with Crippen molar-refractivity contribution in [1.82, 2.24) is 14.8 Å². The second-order valence-corrected chi connectivity index (χ2v) is 10.9. The molecular formula is C26H32N4O4S2. The first-order chi connectivity index (χ1) is 17.4. The molecule has 1 unspecified atom stereocenters. The van der Waals surface area contributed by atoms with Gasteiger partial charge in [-0.25, -0.2) is 4.79 Å². The lowest BCUT2D eigenvalue weighted by Crippen LogP contribution is -2.18. The van der Waals surface area contributed by atoms with Gasteiger partial charge in [-0.1, -0.05) is 30.8 Å². The minimum absolute atomic E-state index is 0.151. The Balaban J connectivity index is 1.41.